The highest BCUT2D eigenvalue weighted by molar-refractivity contribution is 7.16. The van der Waals surface area contributed by atoms with Gasteiger partial charge in [-0.3, -0.25) is 14.8 Å². The van der Waals surface area contributed by atoms with Crippen LogP contribution in [0.3, 0.4) is 0 Å². The third-order valence-corrected chi connectivity index (χ3v) is 6.64. The minimum atomic E-state index is -0.476. The molecule has 0 aromatic carbocycles. The van der Waals surface area contributed by atoms with E-state index in [1.54, 1.807) is 30.6 Å². The molecule has 1 aliphatic rings. The molecule has 180 valence electrons. The number of hydrogen-bond donors (Lipinski definition) is 2. The molecular weight excluding hydrogens is 464 g/mol. The fourth-order valence-electron chi connectivity index (χ4n) is 4.11. The molecule has 1 amide bonds. The van der Waals surface area contributed by atoms with Crippen LogP contribution in [0.2, 0.25) is 0 Å². The predicted octanol–water partition coefficient (Wildman–Crippen LogP) is 2.99. The normalized spacial score (nSPS) is 16.1. The van der Waals surface area contributed by atoms with Gasteiger partial charge >= 0.3 is 0 Å². The molecule has 2 N–H and O–H groups in total. The number of aromatic nitrogens is 5. The third-order valence-electron chi connectivity index (χ3n) is 5.70. The second-order valence-electron chi connectivity index (χ2n) is 8.75. The van der Waals surface area contributed by atoms with Crippen LogP contribution in [0.4, 0.5) is 5.69 Å². The maximum absolute atomic E-state index is 12.8. The molecule has 1 saturated heterocycles. The van der Waals surface area contributed by atoms with Crippen LogP contribution in [0.25, 0.3) is 27.5 Å². The fraction of sp³-hybridized carbons (Fsp3) is 0.333. The summed E-state index contributed by atoms with van der Waals surface area (Å²) in [7, 11) is 1.73. The third kappa shape index (κ3) is 4.64. The molecule has 0 radical (unpaired) electrons. The Labute approximate surface area is 206 Å². The van der Waals surface area contributed by atoms with Gasteiger partial charge in [0.25, 0.3) is 5.91 Å². The Kier molecular flexibility index (Phi) is 6.27. The number of amides is 1. The zero-order chi connectivity index (χ0) is 24.5. The Morgan fingerprint density at radius 2 is 2.14 bits per heavy atom. The topological polar surface area (TPSA) is 121 Å². The molecule has 0 spiro atoms. The smallest absolute Gasteiger partial charge is 0.284 e. The van der Waals surface area contributed by atoms with Crippen molar-refractivity contribution in [2.75, 3.05) is 25.5 Å². The molecule has 4 aromatic rings. The molecule has 1 unspecified atom stereocenters. The van der Waals surface area contributed by atoms with Crippen LogP contribution in [0.5, 0.6) is 0 Å². The quantitative estimate of drug-likeness (QED) is 0.399. The van der Waals surface area contributed by atoms with E-state index in [1.165, 1.54) is 11.3 Å². The van der Waals surface area contributed by atoms with Gasteiger partial charge in [0.05, 0.1) is 34.8 Å². The van der Waals surface area contributed by atoms with Gasteiger partial charge in [-0.15, -0.1) is 10.2 Å². The highest BCUT2D eigenvalue weighted by Crippen LogP contribution is 2.34. The average molecular weight is 491 g/mol. The Morgan fingerprint density at radius 3 is 2.89 bits per heavy atom. The fourth-order valence-corrected chi connectivity index (χ4v) is 4.94. The second-order valence-corrected chi connectivity index (χ2v) is 9.73. The molecular formula is C24H26N8O2S. The molecule has 0 bridgehead atoms. The number of nitrogens with zero attached hydrogens (tertiary/aromatic N) is 7. The van der Waals surface area contributed by atoms with Crippen molar-refractivity contribution in [1.29, 1.82) is 0 Å². The molecule has 1 aliphatic heterocycles. The molecule has 1 atom stereocenters. The first-order valence-electron chi connectivity index (χ1n) is 11.4. The van der Waals surface area contributed by atoms with Crippen molar-refractivity contribution in [3.8, 4) is 22.0 Å². The monoisotopic (exact) mass is 490 g/mol. The summed E-state index contributed by atoms with van der Waals surface area (Å²) in [4.78, 5) is 23.1. The summed E-state index contributed by atoms with van der Waals surface area (Å²) in [6, 6.07) is 8.15. The van der Waals surface area contributed by atoms with E-state index in [0.717, 1.165) is 33.7 Å². The van der Waals surface area contributed by atoms with Gasteiger partial charge < -0.3 is 15.3 Å². The van der Waals surface area contributed by atoms with E-state index in [0.29, 0.717) is 29.5 Å². The van der Waals surface area contributed by atoms with E-state index in [1.807, 2.05) is 28.8 Å². The number of aliphatic imine (C=N–C) groups is 1. The van der Waals surface area contributed by atoms with Crippen molar-refractivity contribution >= 4 is 34.7 Å². The average Bonchev–Trinajstić information content (AvgIpc) is 3.58. The number of aliphatic hydroxyl groups excluding tert-OH is 1. The van der Waals surface area contributed by atoms with Crippen LogP contribution in [0.15, 0.2) is 41.7 Å². The van der Waals surface area contributed by atoms with Crippen LogP contribution in [-0.4, -0.2) is 79.2 Å². The molecule has 1 fully saturated rings. The lowest BCUT2D eigenvalue weighted by molar-refractivity contribution is 0.0763. The van der Waals surface area contributed by atoms with Gasteiger partial charge in [-0.05, 0) is 44.5 Å². The number of pyridine rings is 1. The summed E-state index contributed by atoms with van der Waals surface area (Å²) >= 11 is 1.23. The zero-order valence-electron chi connectivity index (χ0n) is 19.7. The van der Waals surface area contributed by atoms with Gasteiger partial charge in [0.15, 0.2) is 5.01 Å². The number of aliphatic hydroxyl groups is 1. The van der Waals surface area contributed by atoms with Crippen LogP contribution in [0.1, 0.15) is 35.6 Å². The number of likely N-dealkylation sites (tertiary alicyclic amines) is 1. The summed E-state index contributed by atoms with van der Waals surface area (Å²) in [5.41, 5.74) is 5.12. The van der Waals surface area contributed by atoms with Gasteiger partial charge in [0, 0.05) is 49.8 Å². The Morgan fingerprint density at radius 1 is 1.29 bits per heavy atom. The summed E-state index contributed by atoms with van der Waals surface area (Å²) in [6.07, 6.45) is 5.40. The highest BCUT2D eigenvalue weighted by Gasteiger charge is 2.28. The summed E-state index contributed by atoms with van der Waals surface area (Å²) in [5, 5.41) is 27.1. The molecule has 4 aromatic heterocycles. The first-order valence-corrected chi connectivity index (χ1v) is 12.2. The predicted molar refractivity (Wildman–Crippen MR) is 136 cm³/mol. The molecule has 0 aliphatic carbocycles. The number of fused-ring (bicyclic) bond motifs is 1. The number of carbonyl (C=O) groups excluding carboxylic acids is 1. The van der Waals surface area contributed by atoms with Crippen LogP contribution >= 0.6 is 11.3 Å². The van der Waals surface area contributed by atoms with E-state index in [-0.39, 0.29) is 11.9 Å². The standard InChI is InChI=1S/C24H26N8O2S/c1-14(2)28-19-9-20(21-5-4-16-8-15(10-25-3)11-27-32(16)21)26-12-18(19)22-29-30-23(35-22)24(34)31-7-6-17(33)13-31/h4-5,8-12,14,17,33H,6-7,13H2,1-3H3,(H,26,28). The molecule has 5 heterocycles. The molecule has 5 rings (SSSR count). The van der Waals surface area contributed by atoms with Gasteiger partial charge in [-0.2, -0.15) is 5.10 Å². The summed E-state index contributed by atoms with van der Waals surface area (Å²) in [6.45, 7) is 4.97. The number of β-amino-alcohol motifs (C(OH)–C–C–N with tert-alkyl or cyclic N) is 1. The molecule has 10 nitrogen and oxygen atoms in total. The zero-order valence-corrected chi connectivity index (χ0v) is 20.5. The SMILES string of the molecule is CN=Cc1cnn2c(-c3cc(NC(C)C)c(-c4nnc(C(=O)N5CCC(O)C5)s4)cn3)ccc2c1. The maximum Gasteiger partial charge on any atom is 0.284 e. The van der Waals surface area contributed by atoms with E-state index < -0.39 is 6.10 Å². The first-order chi connectivity index (χ1) is 16.9. The molecule has 0 saturated carbocycles. The van der Waals surface area contributed by atoms with Gasteiger partial charge in [-0.25, -0.2) is 4.52 Å². The van der Waals surface area contributed by atoms with E-state index in [9.17, 15) is 9.90 Å². The Balaban J connectivity index is 1.49. The summed E-state index contributed by atoms with van der Waals surface area (Å²) in [5.74, 6) is -0.202. The van der Waals surface area contributed by atoms with E-state index in [2.05, 4.69) is 39.5 Å². The van der Waals surface area contributed by atoms with E-state index >= 15 is 0 Å². The van der Waals surface area contributed by atoms with Gasteiger partial charge in [0.1, 0.15) is 0 Å². The first kappa shape index (κ1) is 23.1. The maximum atomic E-state index is 12.8. The number of hydrogen-bond acceptors (Lipinski definition) is 9. The Hall–Kier alpha value is -3.70. The lowest BCUT2D eigenvalue weighted by Crippen LogP contribution is -2.29. The van der Waals surface area contributed by atoms with Crippen LogP contribution in [0, 0.1) is 0 Å². The summed E-state index contributed by atoms with van der Waals surface area (Å²) < 4.78 is 1.85. The number of nitrogens with one attached hydrogen (secondary N) is 1. The van der Waals surface area contributed by atoms with Crippen molar-refractivity contribution in [2.45, 2.75) is 32.4 Å². The Bertz CT molecular complexity index is 1410. The van der Waals surface area contributed by atoms with Crippen molar-refractivity contribution in [1.82, 2.24) is 29.7 Å². The van der Waals surface area contributed by atoms with Gasteiger partial charge in [-0.1, -0.05) is 11.3 Å². The molecule has 11 heteroatoms. The number of carbonyl (C=O) groups is 1. The largest absolute Gasteiger partial charge is 0.391 e. The highest BCUT2D eigenvalue weighted by atomic mass is 32.1. The van der Waals surface area contributed by atoms with Crippen molar-refractivity contribution in [2.24, 2.45) is 4.99 Å². The van der Waals surface area contributed by atoms with E-state index in [4.69, 9.17) is 4.98 Å². The van der Waals surface area contributed by atoms with Crippen LogP contribution < -0.4 is 5.32 Å². The minimum Gasteiger partial charge on any atom is -0.391 e. The number of rotatable bonds is 6. The lowest BCUT2D eigenvalue weighted by atomic mass is 10.1. The van der Waals surface area contributed by atoms with Crippen LogP contribution in [-0.2, 0) is 0 Å². The molecule has 35 heavy (non-hydrogen) atoms. The van der Waals surface area contributed by atoms with Crippen molar-refractivity contribution in [3.63, 3.8) is 0 Å². The lowest BCUT2D eigenvalue weighted by Gasteiger charge is -2.14. The second kappa shape index (κ2) is 9.51. The minimum absolute atomic E-state index is 0.169. The number of anilines is 1. The van der Waals surface area contributed by atoms with Crippen molar-refractivity contribution in [3.05, 3.63) is 47.2 Å². The van der Waals surface area contributed by atoms with Gasteiger partial charge in [0.2, 0.25) is 5.01 Å². The van der Waals surface area contributed by atoms with Crippen molar-refractivity contribution < 1.29 is 9.90 Å².